The summed E-state index contributed by atoms with van der Waals surface area (Å²) in [6.07, 6.45) is 4.23. The predicted octanol–water partition coefficient (Wildman–Crippen LogP) is 2.76. The molecule has 2 saturated carbocycles. The zero-order valence-electron chi connectivity index (χ0n) is 17.9. The molecule has 0 atom stereocenters. The molecule has 0 bridgehead atoms. The molecule has 0 aliphatic heterocycles. The van der Waals surface area contributed by atoms with Crippen molar-refractivity contribution in [2.45, 2.75) is 57.5 Å². The summed E-state index contributed by atoms with van der Waals surface area (Å²) in [6, 6.07) is 19.0. The summed E-state index contributed by atoms with van der Waals surface area (Å²) in [5.74, 6) is -0.0136. The van der Waals surface area contributed by atoms with Crippen molar-refractivity contribution in [3.8, 4) is 0 Å². The van der Waals surface area contributed by atoms with E-state index in [9.17, 15) is 9.59 Å². The first-order valence-corrected chi connectivity index (χ1v) is 11.1. The Morgan fingerprint density at radius 1 is 0.742 bits per heavy atom. The van der Waals surface area contributed by atoms with Gasteiger partial charge in [-0.15, -0.1) is 0 Å². The Morgan fingerprint density at radius 3 is 1.74 bits per heavy atom. The van der Waals surface area contributed by atoms with Gasteiger partial charge >= 0.3 is 0 Å². The van der Waals surface area contributed by atoms with Crippen molar-refractivity contribution >= 4 is 11.8 Å². The van der Waals surface area contributed by atoms with Gasteiger partial charge in [0.25, 0.3) is 0 Å². The van der Waals surface area contributed by atoms with Crippen molar-refractivity contribution in [2.24, 2.45) is 0 Å². The summed E-state index contributed by atoms with van der Waals surface area (Å²) < 4.78 is 5.80. The van der Waals surface area contributed by atoms with Crippen LogP contribution in [0.1, 0.15) is 42.4 Å². The lowest BCUT2D eigenvalue weighted by molar-refractivity contribution is -0.125. The van der Waals surface area contributed by atoms with E-state index in [1.165, 1.54) is 0 Å². The zero-order chi connectivity index (χ0) is 21.5. The average Bonchev–Trinajstić information content (AvgIpc) is 3.68. The van der Waals surface area contributed by atoms with Gasteiger partial charge in [-0.3, -0.25) is 14.5 Å². The van der Waals surface area contributed by atoms with Crippen LogP contribution in [0, 0.1) is 0 Å². The predicted molar refractivity (Wildman–Crippen MR) is 119 cm³/mol. The molecular weight excluding hydrogens is 390 g/mol. The third kappa shape index (κ3) is 7.81. The van der Waals surface area contributed by atoms with Crippen LogP contribution in [-0.4, -0.2) is 41.9 Å². The van der Waals surface area contributed by atoms with Crippen LogP contribution in [0.5, 0.6) is 0 Å². The lowest BCUT2D eigenvalue weighted by Crippen LogP contribution is -2.43. The summed E-state index contributed by atoms with van der Waals surface area (Å²) in [4.78, 5) is 26.5. The topological polar surface area (TPSA) is 70.7 Å². The van der Waals surface area contributed by atoms with Gasteiger partial charge < -0.3 is 15.4 Å². The third-order valence-corrected chi connectivity index (χ3v) is 5.43. The Morgan fingerprint density at radius 2 is 1.23 bits per heavy atom. The first-order chi connectivity index (χ1) is 15.1. The highest BCUT2D eigenvalue weighted by Gasteiger charge is 2.26. The first-order valence-electron chi connectivity index (χ1n) is 11.1. The van der Waals surface area contributed by atoms with Gasteiger partial charge in [-0.25, -0.2) is 0 Å². The molecule has 6 heteroatoms. The summed E-state index contributed by atoms with van der Waals surface area (Å²) in [6.45, 7) is 2.16. The lowest BCUT2D eigenvalue weighted by Gasteiger charge is -2.21. The highest BCUT2D eigenvalue weighted by Crippen LogP contribution is 2.19. The van der Waals surface area contributed by atoms with Crippen LogP contribution >= 0.6 is 0 Å². The number of hydrogen-bond donors (Lipinski definition) is 2. The third-order valence-electron chi connectivity index (χ3n) is 5.43. The van der Waals surface area contributed by atoms with E-state index in [1.807, 2.05) is 47.4 Å². The lowest BCUT2D eigenvalue weighted by atomic mass is 10.1. The largest absolute Gasteiger partial charge is 0.372 e. The number of nitrogens with one attached hydrogen (secondary N) is 2. The zero-order valence-corrected chi connectivity index (χ0v) is 17.9. The Kier molecular flexibility index (Phi) is 7.33. The summed E-state index contributed by atoms with van der Waals surface area (Å²) in [5.41, 5.74) is 3.33. The molecule has 4 rings (SSSR count). The van der Waals surface area contributed by atoms with E-state index in [1.54, 1.807) is 0 Å². The highest BCUT2D eigenvalue weighted by molar-refractivity contribution is 5.81. The van der Waals surface area contributed by atoms with E-state index in [4.69, 9.17) is 4.74 Å². The molecule has 164 valence electrons. The fourth-order valence-corrected chi connectivity index (χ4v) is 3.44. The SMILES string of the molecule is O=C(CN(CC(=O)NC1CC1)Cc1ccc(COCc2ccccc2)cc1)NC1CC1. The summed E-state index contributed by atoms with van der Waals surface area (Å²) in [7, 11) is 0. The van der Waals surface area contributed by atoms with Gasteiger partial charge in [0.2, 0.25) is 11.8 Å². The molecule has 0 radical (unpaired) electrons. The number of rotatable bonds is 12. The Balaban J connectivity index is 1.28. The molecule has 2 aromatic carbocycles. The molecule has 0 saturated heterocycles. The van der Waals surface area contributed by atoms with Gasteiger partial charge in [0, 0.05) is 18.6 Å². The maximum Gasteiger partial charge on any atom is 0.234 e. The van der Waals surface area contributed by atoms with E-state index in [-0.39, 0.29) is 24.9 Å². The van der Waals surface area contributed by atoms with E-state index < -0.39 is 0 Å². The van der Waals surface area contributed by atoms with Crippen LogP contribution in [-0.2, 0) is 34.1 Å². The quantitative estimate of drug-likeness (QED) is 0.553. The van der Waals surface area contributed by atoms with Crippen LogP contribution in [0.2, 0.25) is 0 Å². The van der Waals surface area contributed by atoms with E-state index in [0.29, 0.717) is 31.8 Å². The molecule has 0 heterocycles. The van der Waals surface area contributed by atoms with Crippen molar-refractivity contribution in [1.82, 2.24) is 15.5 Å². The van der Waals surface area contributed by atoms with Crippen LogP contribution < -0.4 is 10.6 Å². The van der Waals surface area contributed by atoms with Crippen LogP contribution in [0.3, 0.4) is 0 Å². The number of amides is 2. The van der Waals surface area contributed by atoms with E-state index in [2.05, 4.69) is 22.8 Å². The standard InChI is InChI=1S/C25H31N3O3/c29-24(26-22-10-11-22)15-28(16-25(30)27-23-12-13-23)14-19-6-8-21(9-7-19)18-31-17-20-4-2-1-3-5-20/h1-9,22-23H,10-18H2,(H,26,29)(H,27,30). The normalized spacial score (nSPS) is 15.6. The number of carbonyl (C=O) groups excluding carboxylic acids is 2. The molecule has 0 spiro atoms. The highest BCUT2D eigenvalue weighted by atomic mass is 16.5. The Hall–Kier alpha value is -2.70. The second kappa shape index (κ2) is 10.6. The number of nitrogens with zero attached hydrogens (tertiary/aromatic N) is 1. The number of hydrogen-bond acceptors (Lipinski definition) is 4. The van der Waals surface area contributed by atoms with Gasteiger partial charge in [-0.2, -0.15) is 0 Å². The van der Waals surface area contributed by atoms with Gasteiger partial charge in [-0.05, 0) is 42.4 Å². The molecule has 2 fully saturated rings. The van der Waals surface area contributed by atoms with Gasteiger partial charge in [0.15, 0.2) is 0 Å². The average molecular weight is 422 g/mol. The summed E-state index contributed by atoms with van der Waals surface area (Å²) in [5, 5.41) is 6.03. The Labute approximate surface area is 184 Å². The smallest absolute Gasteiger partial charge is 0.234 e. The second-order valence-electron chi connectivity index (χ2n) is 8.62. The fourth-order valence-electron chi connectivity index (χ4n) is 3.44. The molecule has 31 heavy (non-hydrogen) atoms. The number of carbonyl (C=O) groups is 2. The molecule has 2 amide bonds. The molecule has 2 aliphatic rings. The maximum absolute atomic E-state index is 12.3. The molecular formula is C25H31N3O3. The fraction of sp³-hybridized carbons (Fsp3) is 0.440. The number of ether oxygens (including phenoxy) is 1. The van der Waals surface area contributed by atoms with Crippen molar-refractivity contribution in [2.75, 3.05) is 13.1 Å². The van der Waals surface area contributed by atoms with Crippen molar-refractivity contribution in [3.63, 3.8) is 0 Å². The minimum absolute atomic E-state index is 0.00680. The Bertz CT molecular complexity index is 833. The second-order valence-corrected chi connectivity index (χ2v) is 8.62. The molecule has 2 aromatic rings. The van der Waals surface area contributed by atoms with Crippen LogP contribution in [0.15, 0.2) is 54.6 Å². The minimum Gasteiger partial charge on any atom is -0.372 e. The van der Waals surface area contributed by atoms with Gasteiger partial charge in [0.05, 0.1) is 26.3 Å². The maximum atomic E-state index is 12.3. The minimum atomic E-state index is -0.00680. The van der Waals surface area contributed by atoms with E-state index in [0.717, 1.165) is 42.4 Å². The van der Waals surface area contributed by atoms with E-state index >= 15 is 0 Å². The van der Waals surface area contributed by atoms with Crippen molar-refractivity contribution in [1.29, 1.82) is 0 Å². The molecule has 2 aliphatic carbocycles. The van der Waals surface area contributed by atoms with Crippen molar-refractivity contribution in [3.05, 3.63) is 71.3 Å². The summed E-state index contributed by atoms with van der Waals surface area (Å²) >= 11 is 0. The van der Waals surface area contributed by atoms with Crippen LogP contribution in [0.25, 0.3) is 0 Å². The number of benzene rings is 2. The van der Waals surface area contributed by atoms with Crippen LogP contribution in [0.4, 0.5) is 0 Å². The van der Waals surface area contributed by atoms with Crippen molar-refractivity contribution < 1.29 is 14.3 Å². The first kappa shape index (κ1) is 21.5. The molecule has 2 N–H and O–H groups in total. The van der Waals surface area contributed by atoms with Gasteiger partial charge in [0.1, 0.15) is 0 Å². The van der Waals surface area contributed by atoms with Gasteiger partial charge in [-0.1, -0.05) is 54.6 Å². The molecule has 6 nitrogen and oxygen atoms in total. The monoisotopic (exact) mass is 421 g/mol. The molecule has 0 unspecified atom stereocenters. The molecule has 0 aromatic heterocycles.